The van der Waals surface area contributed by atoms with Crippen LogP contribution in [0.5, 0.6) is 5.75 Å². The van der Waals surface area contributed by atoms with Crippen molar-refractivity contribution in [2.75, 3.05) is 0 Å². The van der Waals surface area contributed by atoms with Crippen LogP contribution in [0, 0.1) is 0 Å². The molecule has 2 rings (SSSR count). The molecular weight excluding hydrogens is 248 g/mol. The third-order valence-corrected chi connectivity index (χ3v) is 2.93. The first-order valence-corrected chi connectivity index (χ1v) is 6.18. The molecule has 0 heterocycles. The monoisotopic (exact) mass is 262 g/mol. The van der Waals surface area contributed by atoms with E-state index in [0.29, 0.717) is 6.61 Å². The number of halogens is 1. The van der Waals surface area contributed by atoms with E-state index >= 15 is 0 Å². The molecule has 0 aliphatic heterocycles. The number of rotatable bonds is 4. The molecule has 3 heteroatoms. The number of ether oxygens (including phenoxy) is 1. The Kier molecular flexibility index (Phi) is 4.24. The molecule has 18 heavy (non-hydrogen) atoms. The van der Waals surface area contributed by atoms with Crippen molar-refractivity contribution in [3.63, 3.8) is 0 Å². The van der Waals surface area contributed by atoms with Crippen molar-refractivity contribution in [1.82, 2.24) is 0 Å². The molecule has 1 atom stereocenters. The predicted molar refractivity (Wildman–Crippen MR) is 72.9 cm³/mol. The first-order valence-electron chi connectivity index (χ1n) is 5.80. The molecule has 0 bridgehead atoms. The Morgan fingerprint density at radius 2 is 1.67 bits per heavy atom. The van der Waals surface area contributed by atoms with Crippen molar-refractivity contribution in [2.45, 2.75) is 19.6 Å². The van der Waals surface area contributed by atoms with Crippen LogP contribution in [0.25, 0.3) is 0 Å². The van der Waals surface area contributed by atoms with Gasteiger partial charge in [-0.3, -0.25) is 0 Å². The fourth-order valence-corrected chi connectivity index (χ4v) is 1.72. The van der Waals surface area contributed by atoms with E-state index in [0.717, 1.165) is 21.9 Å². The van der Waals surface area contributed by atoms with Crippen LogP contribution in [0.3, 0.4) is 0 Å². The molecule has 0 unspecified atom stereocenters. The van der Waals surface area contributed by atoms with E-state index in [9.17, 15) is 5.11 Å². The number of hydrogen-bond donors (Lipinski definition) is 1. The standard InChI is InChI=1S/C15H15ClO2/c1-11(17)13-4-8-15(9-5-13)18-10-12-2-6-14(16)7-3-12/h2-9,11,17H,10H2,1H3/t11-/m0/s1. The van der Waals surface area contributed by atoms with E-state index in [1.165, 1.54) is 0 Å². The molecule has 0 radical (unpaired) electrons. The zero-order chi connectivity index (χ0) is 13.0. The van der Waals surface area contributed by atoms with Crippen molar-refractivity contribution >= 4 is 11.6 Å². The van der Waals surface area contributed by atoms with Crippen LogP contribution in [0.4, 0.5) is 0 Å². The van der Waals surface area contributed by atoms with Crippen LogP contribution in [-0.2, 0) is 6.61 Å². The summed E-state index contributed by atoms with van der Waals surface area (Å²) in [4.78, 5) is 0. The summed E-state index contributed by atoms with van der Waals surface area (Å²) < 4.78 is 5.64. The maximum Gasteiger partial charge on any atom is 0.119 e. The first kappa shape index (κ1) is 12.9. The van der Waals surface area contributed by atoms with E-state index in [2.05, 4.69) is 0 Å². The van der Waals surface area contributed by atoms with Gasteiger partial charge in [0.25, 0.3) is 0 Å². The fraction of sp³-hybridized carbons (Fsp3) is 0.200. The SMILES string of the molecule is C[C@H](O)c1ccc(OCc2ccc(Cl)cc2)cc1. The zero-order valence-electron chi connectivity index (χ0n) is 10.1. The van der Waals surface area contributed by atoms with Gasteiger partial charge < -0.3 is 9.84 Å². The second-order valence-corrected chi connectivity index (χ2v) is 4.60. The molecule has 0 fully saturated rings. The van der Waals surface area contributed by atoms with Gasteiger partial charge in [0.15, 0.2) is 0 Å². The predicted octanol–water partition coefficient (Wildman–Crippen LogP) is 3.97. The van der Waals surface area contributed by atoms with Crippen molar-refractivity contribution in [2.24, 2.45) is 0 Å². The van der Waals surface area contributed by atoms with Crippen molar-refractivity contribution in [1.29, 1.82) is 0 Å². The number of benzene rings is 2. The summed E-state index contributed by atoms with van der Waals surface area (Å²) in [5.41, 5.74) is 1.95. The quantitative estimate of drug-likeness (QED) is 0.903. The molecular formula is C15H15ClO2. The minimum absolute atomic E-state index is 0.449. The van der Waals surface area contributed by atoms with Gasteiger partial charge in [0, 0.05) is 5.02 Å². The highest BCUT2D eigenvalue weighted by atomic mass is 35.5. The van der Waals surface area contributed by atoms with Crippen LogP contribution in [-0.4, -0.2) is 5.11 Å². The maximum absolute atomic E-state index is 9.40. The van der Waals surface area contributed by atoms with Crippen molar-refractivity contribution in [3.05, 3.63) is 64.7 Å². The van der Waals surface area contributed by atoms with Crippen molar-refractivity contribution < 1.29 is 9.84 Å². The molecule has 1 N–H and O–H groups in total. The summed E-state index contributed by atoms with van der Waals surface area (Å²) in [6.45, 7) is 2.24. The smallest absolute Gasteiger partial charge is 0.119 e. The lowest BCUT2D eigenvalue weighted by Crippen LogP contribution is -1.96. The van der Waals surface area contributed by atoms with Gasteiger partial charge in [-0.1, -0.05) is 35.9 Å². The molecule has 0 aliphatic rings. The normalized spacial score (nSPS) is 12.2. The number of aliphatic hydroxyl groups excluding tert-OH is 1. The molecule has 0 spiro atoms. The van der Waals surface area contributed by atoms with Gasteiger partial charge in [-0.2, -0.15) is 0 Å². The molecule has 2 aromatic carbocycles. The van der Waals surface area contributed by atoms with Crippen LogP contribution < -0.4 is 4.74 Å². The van der Waals surface area contributed by atoms with Gasteiger partial charge in [0.2, 0.25) is 0 Å². The highest BCUT2D eigenvalue weighted by molar-refractivity contribution is 6.30. The van der Waals surface area contributed by atoms with Gasteiger partial charge in [0.1, 0.15) is 12.4 Å². The third kappa shape index (κ3) is 3.49. The van der Waals surface area contributed by atoms with E-state index in [1.807, 2.05) is 48.5 Å². The van der Waals surface area contributed by atoms with E-state index in [1.54, 1.807) is 6.92 Å². The lowest BCUT2D eigenvalue weighted by atomic mass is 10.1. The van der Waals surface area contributed by atoms with Gasteiger partial charge >= 0.3 is 0 Å². The maximum atomic E-state index is 9.40. The lowest BCUT2D eigenvalue weighted by molar-refractivity contribution is 0.199. The number of aliphatic hydroxyl groups is 1. The minimum Gasteiger partial charge on any atom is -0.489 e. The fourth-order valence-electron chi connectivity index (χ4n) is 1.59. The zero-order valence-corrected chi connectivity index (χ0v) is 10.9. The molecule has 0 amide bonds. The first-order chi connectivity index (χ1) is 8.65. The Morgan fingerprint density at radius 3 is 2.22 bits per heavy atom. The number of hydrogen-bond acceptors (Lipinski definition) is 2. The minimum atomic E-state index is -0.449. The largest absolute Gasteiger partial charge is 0.489 e. The lowest BCUT2D eigenvalue weighted by Gasteiger charge is -2.08. The Hall–Kier alpha value is -1.51. The molecule has 2 aromatic rings. The molecule has 0 aliphatic carbocycles. The Labute approximate surface area is 112 Å². The molecule has 0 aromatic heterocycles. The van der Waals surface area contributed by atoms with Gasteiger partial charge in [-0.25, -0.2) is 0 Å². The summed E-state index contributed by atoms with van der Waals surface area (Å²) in [5.74, 6) is 0.786. The highest BCUT2D eigenvalue weighted by Crippen LogP contribution is 2.18. The van der Waals surface area contributed by atoms with Crippen LogP contribution in [0.2, 0.25) is 5.02 Å². The Morgan fingerprint density at radius 1 is 1.06 bits per heavy atom. The second-order valence-electron chi connectivity index (χ2n) is 4.16. The Balaban J connectivity index is 1.95. The second kappa shape index (κ2) is 5.89. The molecule has 0 saturated carbocycles. The third-order valence-electron chi connectivity index (χ3n) is 2.68. The summed E-state index contributed by atoms with van der Waals surface area (Å²) >= 11 is 5.81. The summed E-state index contributed by atoms with van der Waals surface area (Å²) in [6.07, 6.45) is -0.449. The molecule has 94 valence electrons. The van der Waals surface area contributed by atoms with E-state index in [4.69, 9.17) is 16.3 Å². The molecule has 0 saturated heterocycles. The average Bonchev–Trinajstić information content (AvgIpc) is 2.38. The summed E-state index contributed by atoms with van der Waals surface area (Å²) in [5, 5.41) is 10.1. The van der Waals surface area contributed by atoms with Gasteiger partial charge in [-0.05, 0) is 42.3 Å². The van der Waals surface area contributed by atoms with Crippen LogP contribution in [0.1, 0.15) is 24.2 Å². The van der Waals surface area contributed by atoms with E-state index < -0.39 is 6.10 Å². The summed E-state index contributed by atoms with van der Waals surface area (Å²) in [7, 11) is 0. The van der Waals surface area contributed by atoms with Crippen LogP contribution >= 0.6 is 11.6 Å². The van der Waals surface area contributed by atoms with Crippen molar-refractivity contribution in [3.8, 4) is 5.75 Å². The van der Waals surface area contributed by atoms with Gasteiger partial charge in [0.05, 0.1) is 6.10 Å². The molecule has 2 nitrogen and oxygen atoms in total. The average molecular weight is 263 g/mol. The van der Waals surface area contributed by atoms with Gasteiger partial charge in [-0.15, -0.1) is 0 Å². The Bertz CT molecular complexity index is 489. The summed E-state index contributed by atoms with van der Waals surface area (Å²) in [6, 6.07) is 15.0. The van der Waals surface area contributed by atoms with Crippen LogP contribution in [0.15, 0.2) is 48.5 Å². The van der Waals surface area contributed by atoms with E-state index in [-0.39, 0.29) is 0 Å². The highest BCUT2D eigenvalue weighted by Gasteiger charge is 2.01. The topological polar surface area (TPSA) is 29.5 Å².